The Hall–Kier alpha value is -1.84. The first-order valence-corrected chi connectivity index (χ1v) is 8.61. The highest BCUT2D eigenvalue weighted by atomic mass is 16.5. The minimum atomic E-state index is -0.619. The van der Waals surface area contributed by atoms with Crippen molar-refractivity contribution in [1.82, 2.24) is 4.90 Å². The van der Waals surface area contributed by atoms with Gasteiger partial charge >= 0.3 is 5.97 Å². The molecule has 0 aliphatic heterocycles. The zero-order valence-corrected chi connectivity index (χ0v) is 14.6. The first kappa shape index (κ1) is 22.2. The van der Waals surface area contributed by atoms with E-state index < -0.39 is 5.97 Å². The second-order valence-corrected chi connectivity index (χ2v) is 5.42. The van der Waals surface area contributed by atoms with Gasteiger partial charge in [0.2, 0.25) is 0 Å². The van der Waals surface area contributed by atoms with E-state index in [0.29, 0.717) is 19.7 Å². The van der Waals surface area contributed by atoms with Gasteiger partial charge in [0.25, 0.3) is 0 Å². The Balaban J connectivity index is 4.21. The quantitative estimate of drug-likeness (QED) is 0.166. The molecular weight excluding hydrogens is 308 g/mol. The van der Waals surface area contributed by atoms with Crippen LogP contribution in [0, 0.1) is 11.3 Å². The van der Waals surface area contributed by atoms with Crippen LogP contribution in [0.5, 0.6) is 0 Å². The molecule has 0 bridgehead atoms. The lowest BCUT2D eigenvalue weighted by molar-refractivity contribution is -0.138. The van der Waals surface area contributed by atoms with Gasteiger partial charge in [-0.15, -0.1) is 0 Å². The Kier molecular flexibility index (Phi) is 14.8. The largest absolute Gasteiger partial charge is 0.462 e. The normalized spacial score (nSPS) is 11.5. The molecular formula is C18H30N2O4. The molecule has 0 aromatic rings. The minimum absolute atomic E-state index is 0.0422. The average Bonchev–Trinajstić information content (AvgIpc) is 2.58. The van der Waals surface area contributed by atoms with Crippen molar-refractivity contribution in [3.8, 4) is 6.07 Å². The summed E-state index contributed by atoms with van der Waals surface area (Å²) in [5.74, 6) is -0.619. The Morgan fingerprint density at radius 3 is 2.33 bits per heavy atom. The summed E-state index contributed by atoms with van der Waals surface area (Å²) in [7, 11) is 0. The molecule has 0 saturated carbocycles. The maximum Gasteiger partial charge on any atom is 0.348 e. The fourth-order valence-corrected chi connectivity index (χ4v) is 2.05. The average molecular weight is 338 g/mol. The van der Waals surface area contributed by atoms with E-state index in [1.165, 1.54) is 31.4 Å². The fourth-order valence-electron chi connectivity index (χ4n) is 2.05. The third-order valence-electron chi connectivity index (χ3n) is 3.41. The Bertz CT molecular complexity index is 421. The SMILES string of the molecule is CCCCCCCCOC(=O)C(C#N)=CC=CN(CCO)CCO. The van der Waals surface area contributed by atoms with Crippen LogP contribution in [-0.2, 0) is 9.53 Å². The number of ether oxygens (including phenoxy) is 1. The Morgan fingerprint density at radius 1 is 1.12 bits per heavy atom. The molecule has 0 saturated heterocycles. The van der Waals surface area contributed by atoms with Crippen LogP contribution in [0.25, 0.3) is 0 Å². The summed E-state index contributed by atoms with van der Waals surface area (Å²) >= 11 is 0. The zero-order chi connectivity index (χ0) is 18.0. The van der Waals surface area contributed by atoms with Crippen LogP contribution in [0.2, 0.25) is 0 Å². The summed E-state index contributed by atoms with van der Waals surface area (Å²) in [5, 5.41) is 26.8. The van der Waals surface area contributed by atoms with Crippen molar-refractivity contribution >= 4 is 5.97 Å². The highest BCUT2D eigenvalue weighted by molar-refractivity contribution is 5.93. The van der Waals surface area contributed by atoms with E-state index in [9.17, 15) is 4.79 Å². The molecule has 0 rings (SSSR count). The van der Waals surface area contributed by atoms with Crippen molar-refractivity contribution < 1.29 is 19.7 Å². The lowest BCUT2D eigenvalue weighted by Crippen LogP contribution is -2.24. The third-order valence-corrected chi connectivity index (χ3v) is 3.41. The first-order valence-electron chi connectivity index (χ1n) is 8.61. The lowest BCUT2D eigenvalue weighted by Gasteiger charge is -2.16. The number of hydrogen-bond donors (Lipinski definition) is 2. The number of carbonyl (C=O) groups excluding carboxylic acids is 1. The molecule has 2 N–H and O–H groups in total. The highest BCUT2D eigenvalue weighted by Gasteiger charge is 2.09. The Morgan fingerprint density at radius 2 is 1.75 bits per heavy atom. The molecule has 24 heavy (non-hydrogen) atoms. The van der Waals surface area contributed by atoms with E-state index >= 15 is 0 Å². The van der Waals surface area contributed by atoms with Crippen LogP contribution in [0.15, 0.2) is 23.9 Å². The van der Waals surface area contributed by atoms with Crippen LogP contribution < -0.4 is 0 Å². The standard InChI is InChI=1S/C18H30N2O4/c1-2-3-4-5-6-7-15-24-18(23)17(16-19)9-8-10-20(11-13-21)12-14-22/h8-10,21-22H,2-7,11-15H2,1H3. The number of aliphatic hydroxyl groups is 2. The zero-order valence-electron chi connectivity index (χ0n) is 14.6. The van der Waals surface area contributed by atoms with Crippen LogP contribution in [0.1, 0.15) is 45.4 Å². The molecule has 136 valence electrons. The van der Waals surface area contributed by atoms with E-state index in [0.717, 1.165) is 19.3 Å². The van der Waals surface area contributed by atoms with Crippen LogP contribution in [0.3, 0.4) is 0 Å². The number of unbranched alkanes of at least 4 members (excludes halogenated alkanes) is 5. The summed E-state index contributed by atoms with van der Waals surface area (Å²) in [5.41, 5.74) is -0.0646. The first-order chi connectivity index (χ1) is 11.7. The van der Waals surface area contributed by atoms with Crippen LogP contribution in [-0.4, -0.2) is 54.0 Å². The molecule has 0 aromatic carbocycles. The van der Waals surface area contributed by atoms with E-state index in [4.69, 9.17) is 20.2 Å². The smallest absolute Gasteiger partial charge is 0.348 e. The predicted octanol–water partition coefficient (Wildman–Crippen LogP) is 2.14. The third kappa shape index (κ3) is 11.7. The molecule has 6 nitrogen and oxygen atoms in total. The van der Waals surface area contributed by atoms with Crippen LogP contribution in [0.4, 0.5) is 0 Å². The molecule has 0 unspecified atom stereocenters. The van der Waals surface area contributed by atoms with E-state index in [2.05, 4.69) is 6.92 Å². The van der Waals surface area contributed by atoms with Crippen molar-refractivity contribution in [2.24, 2.45) is 0 Å². The summed E-state index contributed by atoms with van der Waals surface area (Å²) in [6.07, 6.45) is 11.1. The van der Waals surface area contributed by atoms with Crippen molar-refractivity contribution in [1.29, 1.82) is 5.26 Å². The van der Waals surface area contributed by atoms with Gasteiger partial charge in [-0.3, -0.25) is 0 Å². The molecule has 0 fully saturated rings. The van der Waals surface area contributed by atoms with Gasteiger partial charge in [0.15, 0.2) is 0 Å². The maximum absolute atomic E-state index is 11.8. The summed E-state index contributed by atoms with van der Waals surface area (Å²) in [6.45, 7) is 3.15. The minimum Gasteiger partial charge on any atom is -0.462 e. The topological polar surface area (TPSA) is 93.8 Å². The second-order valence-electron chi connectivity index (χ2n) is 5.42. The highest BCUT2D eigenvalue weighted by Crippen LogP contribution is 2.06. The molecule has 0 radical (unpaired) electrons. The summed E-state index contributed by atoms with van der Waals surface area (Å²) in [6, 6.07) is 1.83. The van der Waals surface area contributed by atoms with Crippen molar-refractivity contribution in [2.45, 2.75) is 45.4 Å². The summed E-state index contributed by atoms with van der Waals surface area (Å²) in [4.78, 5) is 13.5. The lowest BCUT2D eigenvalue weighted by atomic mass is 10.1. The van der Waals surface area contributed by atoms with E-state index in [1.807, 2.05) is 6.07 Å². The van der Waals surface area contributed by atoms with Gasteiger partial charge in [0.05, 0.1) is 19.8 Å². The van der Waals surface area contributed by atoms with Gasteiger partial charge in [0.1, 0.15) is 11.6 Å². The molecule has 0 aliphatic carbocycles. The van der Waals surface area contributed by atoms with Crippen LogP contribution >= 0.6 is 0 Å². The number of nitrogens with zero attached hydrogens (tertiary/aromatic N) is 2. The number of hydrogen-bond acceptors (Lipinski definition) is 6. The van der Waals surface area contributed by atoms with Gasteiger partial charge in [-0.25, -0.2) is 4.79 Å². The number of carbonyl (C=O) groups is 1. The van der Waals surface area contributed by atoms with E-state index in [1.54, 1.807) is 11.1 Å². The fraction of sp³-hybridized carbons (Fsp3) is 0.667. The van der Waals surface area contributed by atoms with Crippen molar-refractivity contribution in [3.05, 3.63) is 23.9 Å². The monoisotopic (exact) mass is 338 g/mol. The van der Waals surface area contributed by atoms with Crippen molar-refractivity contribution in [2.75, 3.05) is 32.9 Å². The molecule has 0 amide bonds. The number of rotatable bonds is 14. The van der Waals surface area contributed by atoms with Gasteiger partial charge < -0.3 is 19.8 Å². The van der Waals surface area contributed by atoms with E-state index in [-0.39, 0.29) is 18.8 Å². The molecule has 0 spiro atoms. The molecule has 0 atom stereocenters. The molecule has 6 heteroatoms. The molecule has 0 aromatic heterocycles. The number of nitriles is 1. The maximum atomic E-state index is 11.8. The molecule has 0 aliphatic rings. The Labute approximate surface area is 145 Å². The van der Waals surface area contributed by atoms with Gasteiger partial charge in [0, 0.05) is 13.1 Å². The number of allylic oxidation sites excluding steroid dienone is 2. The van der Waals surface area contributed by atoms with Gasteiger partial charge in [-0.05, 0) is 24.8 Å². The number of esters is 1. The number of aliphatic hydroxyl groups excluding tert-OH is 2. The van der Waals surface area contributed by atoms with Crippen molar-refractivity contribution in [3.63, 3.8) is 0 Å². The summed E-state index contributed by atoms with van der Waals surface area (Å²) < 4.78 is 5.10. The molecule has 0 heterocycles. The predicted molar refractivity (Wildman–Crippen MR) is 92.9 cm³/mol. The van der Waals surface area contributed by atoms with Gasteiger partial charge in [-0.1, -0.05) is 39.0 Å². The van der Waals surface area contributed by atoms with Gasteiger partial charge in [-0.2, -0.15) is 5.26 Å². The second kappa shape index (κ2) is 16.0.